The van der Waals surface area contributed by atoms with Gasteiger partial charge in [-0.15, -0.1) is 0 Å². The summed E-state index contributed by atoms with van der Waals surface area (Å²) >= 11 is 0. The molecule has 0 amide bonds. The minimum absolute atomic E-state index is 0.753. The lowest BCUT2D eigenvalue weighted by Crippen LogP contribution is -2.46. The van der Waals surface area contributed by atoms with Crippen molar-refractivity contribution < 1.29 is 4.42 Å². The summed E-state index contributed by atoms with van der Waals surface area (Å²) in [6, 6.07) is 5.93. The van der Waals surface area contributed by atoms with Crippen molar-refractivity contribution in [3.63, 3.8) is 0 Å². The van der Waals surface area contributed by atoms with Crippen LogP contribution in [0.25, 0.3) is 0 Å². The summed E-state index contributed by atoms with van der Waals surface area (Å²) in [5.74, 6) is 3.22. The molecule has 3 nitrogen and oxygen atoms in total. The summed E-state index contributed by atoms with van der Waals surface area (Å²) in [6.07, 6.45) is 11.2. The lowest BCUT2D eigenvalue weighted by molar-refractivity contribution is 0.0492. The molecule has 1 N–H and O–H groups in total. The lowest BCUT2D eigenvalue weighted by atomic mass is 9.78. The number of fused-ring (bicyclic) bond motifs is 1. The van der Waals surface area contributed by atoms with Gasteiger partial charge in [-0.2, -0.15) is 0 Å². The van der Waals surface area contributed by atoms with E-state index in [1.807, 2.05) is 0 Å². The number of hydrogen-bond donors (Lipinski definition) is 1. The van der Waals surface area contributed by atoms with E-state index in [1.165, 1.54) is 57.9 Å². The van der Waals surface area contributed by atoms with Crippen LogP contribution in [-0.2, 0) is 13.1 Å². The van der Waals surface area contributed by atoms with Gasteiger partial charge in [0.05, 0.1) is 13.1 Å². The third-order valence-corrected chi connectivity index (χ3v) is 5.58. The molecular weight excluding hydrogens is 260 g/mol. The van der Waals surface area contributed by atoms with Crippen LogP contribution in [0.1, 0.15) is 62.9 Å². The predicted octanol–water partition coefficient (Wildman–Crippen LogP) is 3.69. The Balaban J connectivity index is 1.35. The summed E-state index contributed by atoms with van der Waals surface area (Å²) in [5, 5.41) is 3.53. The van der Waals surface area contributed by atoms with Gasteiger partial charge in [0.2, 0.25) is 0 Å². The highest BCUT2D eigenvalue weighted by atomic mass is 16.3. The van der Waals surface area contributed by atoms with Crippen molar-refractivity contribution in [1.29, 1.82) is 0 Å². The van der Waals surface area contributed by atoms with Gasteiger partial charge in [0, 0.05) is 12.1 Å². The SMILES string of the molecule is c1cc(CN2CCCC3CCCCC32)oc1CNC1CC1. The molecule has 3 aliphatic rings. The maximum atomic E-state index is 6.04. The van der Waals surface area contributed by atoms with Crippen molar-refractivity contribution in [3.8, 4) is 0 Å². The zero-order valence-corrected chi connectivity index (χ0v) is 13.0. The Labute approximate surface area is 128 Å². The fourth-order valence-corrected chi connectivity index (χ4v) is 4.26. The second-order valence-electron chi connectivity index (χ2n) is 7.25. The van der Waals surface area contributed by atoms with Gasteiger partial charge >= 0.3 is 0 Å². The smallest absolute Gasteiger partial charge is 0.118 e. The van der Waals surface area contributed by atoms with Gasteiger partial charge in [-0.1, -0.05) is 12.8 Å². The Hall–Kier alpha value is -0.800. The van der Waals surface area contributed by atoms with Crippen molar-refractivity contribution in [2.45, 2.75) is 76.5 Å². The second kappa shape index (κ2) is 6.13. The molecular formula is C18H28N2O. The van der Waals surface area contributed by atoms with E-state index in [2.05, 4.69) is 22.3 Å². The van der Waals surface area contributed by atoms with Crippen LogP contribution in [0.3, 0.4) is 0 Å². The number of likely N-dealkylation sites (tertiary alicyclic amines) is 1. The van der Waals surface area contributed by atoms with Crippen LogP contribution in [0, 0.1) is 5.92 Å². The van der Waals surface area contributed by atoms with Gasteiger partial charge in [-0.3, -0.25) is 4.90 Å². The van der Waals surface area contributed by atoms with Gasteiger partial charge < -0.3 is 9.73 Å². The molecule has 0 radical (unpaired) electrons. The highest BCUT2D eigenvalue weighted by Gasteiger charge is 2.33. The maximum Gasteiger partial charge on any atom is 0.118 e. The van der Waals surface area contributed by atoms with Gasteiger partial charge in [0.25, 0.3) is 0 Å². The fraction of sp³-hybridized carbons (Fsp3) is 0.778. The summed E-state index contributed by atoms with van der Waals surface area (Å²) in [4.78, 5) is 2.70. The Morgan fingerprint density at radius 2 is 1.81 bits per heavy atom. The Morgan fingerprint density at radius 1 is 1.00 bits per heavy atom. The maximum absolute atomic E-state index is 6.04. The molecule has 1 saturated heterocycles. The number of furan rings is 1. The number of nitrogens with zero attached hydrogens (tertiary/aromatic N) is 1. The average Bonchev–Trinajstić information content (AvgIpc) is 3.25. The van der Waals surface area contributed by atoms with E-state index in [-0.39, 0.29) is 0 Å². The Kier molecular flexibility index (Phi) is 4.04. The summed E-state index contributed by atoms with van der Waals surface area (Å²) < 4.78 is 6.04. The average molecular weight is 288 g/mol. The fourth-order valence-electron chi connectivity index (χ4n) is 4.26. The molecule has 4 rings (SSSR count). The zero-order valence-electron chi connectivity index (χ0n) is 13.0. The molecule has 2 aliphatic carbocycles. The molecule has 21 heavy (non-hydrogen) atoms. The third-order valence-electron chi connectivity index (χ3n) is 5.58. The second-order valence-corrected chi connectivity index (χ2v) is 7.25. The van der Waals surface area contributed by atoms with Crippen LogP contribution in [0.5, 0.6) is 0 Å². The van der Waals surface area contributed by atoms with Crippen LogP contribution < -0.4 is 5.32 Å². The van der Waals surface area contributed by atoms with E-state index in [1.54, 1.807) is 0 Å². The number of hydrogen-bond acceptors (Lipinski definition) is 3. The normalized spacial score (nSPS) is 30.3. The largest absolute Gasteiger partial charge is 0.463 e. The first-order valence-electron chi connectivity index (χ1n) is 8.93. The first kappa shape index (κ1) is 13.8. The van der Waals surface area contributed by atoms with E-state index in [0.29, 0.717) is 0 Å². The summed E-state index contributed by atoms with van der Waals surface area (Å²) in [5.41, 5.74) is 0. The van der Waals surface area contributed by atoms with Gasteiger partial charge in [0.1, 0.15) is 11.5 Å². The molecule has 0 spiro atoms. The zero-order chi connectivity index (χ0) is 14.1. The summed E-state index contributed by atoms with van der Waals surface area (Å²) in [7, 11) is 0. The predicted molar refractivity (Wildman–Crippen MR) is 84.0 cm³/mol. The molecule has 0 aromatic carbocycles. The standard InChI is InChI=1S/C18H28N2O/c1-2-6-18-14(4-1)5-3-11-20(18)13-17-10-9-16(21-17)12-19-15-7-8-15/h9-10,14-15,18-19H,1-8,11-13H2. The highest BCUT2D eigenvalue weighted by Crippen LogP contribution is 2.36. The number of nitrogens with one attached hydrogen (secondary N) is 1. The molecule has 2 unspecified atom stereocenters. The molecule has 1 aliphatic heterocycles. The summed E-state index contributed by atoms with van der Waals surface area (Å²) in [6.45, 7) is 3.18. The van der Waals surface area contributed by atoms with Crippen molar-refractivity contribution in [2.75, 3.05) is 6.54 Å². The van der Waals surface area contributed by atoms with Crippen LogP contribution in [0.4, 0.5) is 0 Å². The number of rotatable bonds is 5. The molecule has 1 aromatic rings. The monoisotopic (exact) mass is 288 g/mol. The molecule has 0 bridgehead atoms. The van der Waals surface area contributed by atoms with E-state index in [0.717, 1.165) is 42.6 Å². The first-order valence-corrected chi connectivity index (χ1v) is 8.93. The van der Waals surface area contributed by atoms with Crippen molar-refractivity contribution in [3.05, 3.63) is 23.7 Å². The van der Waals surface area contributed by atoms with Crippen molar-refractivity contribution in [1.82, 2.24) is 10.2 Å². The Bertz CT molecular complexity index is 464. The van der Waals surface area contributed by atoms with Crippen LogP contribution in [0.15, 0.2) is 16.5 Å². The van der Waals surface area contributed by atoms with Crippen molar-refractivity contribution >= 4 is 0 Å². The number of piperidine rings is 1. The topological polar surface area (TPSA) is 28.4 Å². The third kappa shape index (κ3) is 3.35. The van der Waals surface area contributed by atoms with E-state index in [9.17, 15) is 0 Å². The quantitative estimate of drug-likeness (QED) is 0.896. The van der Waals surface area contributed by atoms with Gasteiger partial charge in [-0.05, 0) is 63.1 Å². The van der Waals surface area contributed by atoms with Crippen LogP contribution >= 0.6 is 0 Å². The van der Waals surface area contributed by atoms with Crippen LogP contribution in [-0.4, -0.2) is 23.5 Å². The van der Waals surface area contributed by atoms with E-state index >= 15 is 0 Å². The first-order chi connectivity index (χ1) is 10.4. The van der Waals surface area contributed by atoms with Crippen molar-refractivity contribution in [2.24, 2.45) is 5.92 Å². The highest BCUT2D eigenvalue weighted by molar-refractivity contribution is 5.08. The minimum atomic E-state index is 0.753. The van der Waals surface area contributed by atoms with Crippen LogP contribution in [0.2, 0.25) is 0 Å². The molecule has 3 fully saturated rings. The minimum Gasteiger partial charge on any atom is -0.463 e. The molecule has 3 heteroatoms. The lowest BCUT2D eigenvalue weighted by Gasteiger charge is -2.43. The molecule has 116 valence electrons. The Morgan fingerprint density at radius 3 is 2.71 bits per heavy atom. The van der Waals surface area contributed by atoms with E-state index < -0.39 is 0 Å². The molecule has 1 aromatic heterocycles. The van der Waals surface area contributed by atoms with Gasteiger partial charge in [0.15, 0.2) is 0 Å². The molecule has 2 heterocycles. The molecule has 2 atom stereocenters. The molecule has 2 saturated carbocycles. The van der Waals surface area contributed by atoms with Gasteiger partial charge in [-0.25, -0.2) is 0 Å². The van der Waals surface area contributed by atoms with E-state index in [4.69, 9.17) is 4.42 Å².